The van der Waals surface area contributed by atoms with Gasteiger partial charge in [0.25, 0.3) is 5.56 Å². The zero-order valence-corrected chi connectivity index (χ0v) is 16.6. The summed E-state index contributed by atoms with van der Waals surface area (Å²) in [7, 11) is 4.46. The molecule has 1 N–H and O–H groups in total. The third-order valence-corrected chi connectivity index (χ3v) is 4.61. The maximum atomic E-state index is 12.8. The Labute approximate surface area is 170 Å². The van der Waals surface area contributed by atoms with Crippen LogP contribution < -0.4 is 25.1 Å². The van der Waals surface area contributed by atoms with Crippen LogP contribution in [0, 0.1) is 0 Å². The zero-order chi connectivity index (χ0) is 21.3. The molecule has 4 aromatic rings. The van der Waals surface area contributed by atoms with E-state index in [2.05, 4.69) is 10.3 Å². The predicted molar refractivity (Wildman–Crippen MR) is 111 cm³/mol. The summed E-state index contributed by atoms with van der Waals surface area (Å²) in [5.41, 5.74) is 1.14. The Morgan fingerprint density at radius 1 is 1.10 bits per heavy atom. The van der Waals surface area contributed by atoms with Gasteiger partial charge in [-0.2, -0.15) is 0 Å². The number of hydrogen-bond acceptors (Lipinski definition) is 7. The summed E-state index contributed by atoms with van der Waals surface area (Å²) in [6.45, 7) is -0.241. The third-order valence-electron chi connectivity index (χ3n) is 4.61. The smallest absolute Gasteiger partial charge is 0.297 e. The topological polar surface area (TPSA) is 105 Å². The number of carbonyl (C=O) groups is 1. The number of nitrogens with zero attached hydrogens (tertiary/aromatic N) is 2. The van der Waals surface area contributed by atoms with Crippen molar-refractivity contribution in [1.29, 1.82) is 0 Å². The first-order valence-corrected chi connectivity index (χ1v) is 9.02. The average Bonchev–Trinajstić information content (AvgIpc) is 3.14. The lowest BCUT2D eigenvalue weighted by molar-refractivity contribution is -0.116. The Kier molecular flexibility index (Phi) is 5.01. The Morgan fingerprint density at radius 2 is 1.80 bits per heavy atom. The van der Waals surface area contributed by atoms with Crippen LogP contribution >= 0.6 is 0 Å². The number of benzene rings is 2. The highest BCUT2D eigenvalue weighted by molar-refractivity contribution is 6.01. The normalized spacial score (nSPS) is 10.9. The minimum absolute atomic E-state index is 0.110. The number of aromatic nitrogens is 2. The van der Waals surface area contributed by atoms with Gasteiger partial charge in [0.1, 0.15) is 17.6 Å². The van der Waals surface area contributed by atoms with E-state index in [-0.39, 0.29) is 12.1 Å². The maximum Gasteiger partial charge on any atom is 0.297 e. The predicted octanol–water partition coefficient (Wildman–Crippen LogP) is 2.81. The molecule has 0 spiro atoms. The van der Waals surface area contributed by atoms with Crippen molar-refractivity contribution in [2.75, 3.05) is 26.6 Å². The number of nitrogens with one attached hydrogen (secondary N) is 1. The van der Waals surface area contributed by atoms with Gasteiger partial charge in [0, 0.05) is 23.2 Å². The van der Waals surface area contributed by atoms with Crippen molar-refractivity contribution in [3.63, 3.8) is 0 Å². The van der Waals surface area contributed by atoms with Crippen molar-refractivity contribution in [3.8, 4) is 17.2 Å². The SMILES string of the molecule is COc1cc(NC(=O)Cn2cnc3c(oc4ccccc43)c2=O)cc(OC)c1OC. The molecule has 0 saturated carbocycles. The molecule has 30 heavy (non-hydrogen) atoms. The average molecular weight is 409 g/mol. The maximum absolute atomic E-state index is 12.8. The lowest BCUT2D eigenvalue weighted by Crippen LogP contribution is -2.27. The molecule has 2 aromatic carbocycles. The summed E-state index contributed by atoms with van der Waals surface area (Å²) in [6.07, 6.45) is 1.33. The number of furan rings is 1. The van der Waals surface area contributed by atoms with Crippen LogP contribution in [0.1, 0.15) is 0 Å². The molecule has 0 fully saturated rings. The van der Waals surface area contributed by atoms with Crippen LogP contribution in [-0.4, -0.2) is 36.8 Å². The number of hydrogen-bond donors (Lipinski definition) is 1. The molecular formula is C21H19N3O6. The van der Waals surface area contributed by atoms with Gasteiger partial charge < -0.3 is 23.9 Å². The molecule has 0 radical (unpaired) electrons. The molecule has 0 atom stereocenters. The minimum Gasteiger partial charge on any atom is -0.493 e. The van der Waals surface area contributed by atoms with Crippen molar-refractivity contribution >= 4 is 33.7 Å². The number of amides is 1. The van der Waals surface area contributed by atoms with E-state index in [1.54, 1.807) is 18.2 Å². The number of carbonyl (C=O) groups excluding carboxylic acids is 1. The quantitative estimate of drug-likeness (QED) is 0.522. The van der Waals surface area contributed by atoms with Gasteiger partial charge in [-0.05, 0) is 12.1 Å². The molecule has 0 aliphatic rings. The second-order valence-electron chi connectivity index (χ2n) is 6.42. The van der Waals surface area contributed by atoms with E-state index in [0.29, 0.717) is 34.0 Å². The molecule has 0 bridgehead atoms. The van der Waals surface area contributed by atoms with Gasteiger partial charge in [-0.3, -0.25) is 14.2 Å². The monoisotopic (exact) mass is 409 g/mol. The number of anilines is 1. The third kappa shape index (κ3) is 3.30. The highest BCUT2D eigenvalue weighted by Gasteiger charge is 2.17. The van der Waals surface area contributed by atoms with Crippen molar-refractivity contribution in [2.45, 2.75) is 6.54 Å². The number of ether oxygens (including phenoxy) is 3. The molecule has 2 heterocycles. The fourth-order valence-electron chi connectivity index (χ4n) is 3.24. The largest absolute Gasteiger partial charge is 0.493 e. The number of rotatable bonds is 6. The molecule has 0 aliphatic heterocycles. The van der Waals surface area contributed by atoms with Crippen LogP contribution in [-0.2, 0) is 11.3 Å². The van der Waals surface area contributed by atoms with E-state index in [1.165, 1.54) is 32.2 Å². The summed E-state index contributed by atoms with van der Waals surface area (Å²) in [5, 5.41) is 3.47. The van der Waals surface area contributed by atoms with Crippen LogP contribution in [0.25, 0.3) is 22.1 Å². The molecule has 0 saturated heterocycles. The first kappa shape index (κ1) is 19.3. The van der Waals surface area contributed by atoms with Gasteiger partial charge in [-0.25, -0.2) is 4.98 Å². The first-order valence-electron chi connectivity index (χ1n) is 9.02. The Balaban J connectivity index is 1.61. The molecule has 2 aromatic heterocycles. The highest BCUT2D eigenvalue weighted by atomic mass is 16.5. The van der Waals surface area contributed by atoms with Gasteiger partial charge in [0.05, 0.1) is 27.7 Å². The fraction of sp³-hybridized carbons (Fsp3) is 0.190. The minimum atomic E-state index is -0.434. The number of fused-ring (bicyclic) bond motifs is 3. The van der Waals surface area contributed by atoms with Gasteiger partial charge in [-0.1, -0.05) is 12.1 Å². The molecule has 0 unspecified atom stereocenters. The summed E-state index contributed by atoms with van der Waals surface area (Å²) in [6, 6.07) is 10.4. The molecule has 0 aliphatic carbocycles. The standard InChI is InChI=1S/C21H19N3O6/c1-27-15-8-12(9-16(28-2)19(15)29-3)23-17(25)10-24-11-22-18-13-6-4-5-7-14(13)30-20(18)21(24)26/h4-9,11H,10H2,1-3H3,(H,23,25). The Bertz CT molecular complexity index is 1280. The van der Waals surface area contributed by atoms with E-state index in [0.717, 1.165) is 5.39 Å². The van der Waals surface area contributed by atoms with Crippen molar-refractivity contribution in [2.24, 2.45) is 0 Å². The second-order valence-corrected chi connectivity index (χ2v) is 6.42. The van der Waals surface area contributed by atoms with Crippen LogP contribution in [0.15, 0.2) is 51.9 Å². The van der Waals surface area contributed by atoms with Crippen LogP contribution in [0.4, 0.5) is 5.69 Å². The number of para-hydroxylation sites is 1. The van der Waals surface area contributed by atoms with Gasteiger partial charge in [0.2, 0.25) is 17.2 Å². The van der Waals surface area contributed by atoms with E-state index in [9.17, 15) is 9.59 Å². The summed E-state index contributed by atoms with van der Waals surface area (Å²) >= 11 is 0. The van der Waals surface area contributed by atoms with E-state index in [4.69, 9.17) is 18.6 Å². The molecule has 9 nitrogen and oxygen atoms in total. The lowest BCUT2D eigenvalue weighted by atomic mass is 10.2. The summed E-state index contributed by atoms with van der Waals surface area (Å²) in [5.74, 6) is 0.779. The van der Waals surface area contributed by atoms with Crippen molar-refractivity contribution in [3.05, 3.63) is 53.1 Å². The lowest BCUT2D eigenvalue weighted by Gasteiger charge is -2.14. The van der Waals surface area contributed by atoms with Crippen molar-refractivity contribution < 1.29 is 23.4 Å². The highest BCUT2D eigenvalue weighted by Crippen LogP contribution is 2.39. The fourth-order valence-corrected chi connectivity index (χ4v) is 3.24. The van der Waals surface area contributed by atoms with Crippen LogP contribution in [0.3, 0.4) is 0 Å². The second kappa shape index (κ2) is 7.78. The number of methoxy groups -OCH3 is 3. The van der Waals surface area contributed by atoms with E-state index < -0.39 is 11.5 Å². The van der Waals surface area contributed by atoms with Gasteiger partial charge in [-0.15, -0.1) is 0 Å². The van der Waals surface area contributed by atoms with E-state index in [1.807, 2.05) is 18.2 Å². The first-order chi connectivity index (χ1) is 14.5. The molecule has 4 rings (SSSR count). The molecular weight excluding hydrogens is 390 g/mol. The Hall–Kier alpha value is -4.01. The zero-order valence-electron chi connectivity index (χ0n) is 16.6. The molecule has 154 valence electrons. The molecule has 1 amide bonds. The summed E-state index contributed by atoms with van der Waals surface area (Å²) < 4.78 is 22.7. The summed E-state index contributed by atoms with van der Waals surface area (Å²) in [4.78, 5) is 29.6. The van der Waals surface area contributed by atoms with Gasteiger partial charge >= 0.3 is 0 Å². The van der Waals surface area contributed by atoms with Crippen LogP contribution in [0.5, 0.6) is 17.2 Å². The van der Waals surface area contributed by atoms with Crippen LogP contribution in [0.2, 0.25) is 0 Å². The Morgan fingerprint density at radius 3 is 2.47 bits per heavy atom. The van der Waals surface area contributed by atoms with Gasteiger partial charge in [0.15, 0.2) is 11.5 Å². The molecule has 9 heteroatoms. The van der Waals surface area contributed by atoms with Crippen molar-refractivity contribution in [1.82, 2.24) is 9.55 Å². The van der Waals surface area contributed by atoms with E-state index >= 15 is 0 Å².